The molecule has 1 rings (SSSR count). The van der Waals surface area contributed by atoms with Crippen molar-refractivity contribution in [1.29, 1.82) is 0 Å². The zero-order valence-corrected chi connectivity index (χ0v) is 11.4. The Morgan fingerprint density at radius 1 is 1.33 bits per heavy atom. The van der Waals surface area contributed by atoms with E-state index in [1.165, 1.54) is 0 Å². The average Bonchev–Trinajstić information content (AvgIpc) is 2.17. The van der Waals surface area contributed by atoms with Crippen LogP contribution in [-0.4, -0.2) is 19.5 Å². The number of alkyl halides is 1. The predicted octanol–water partition coefficient (Wildman–Crippen LogP) is 3.14. The minimum atomic E-state index is -3.18. The van der Waals surface area contributed by atoms with Gasteiger partial charge in [-0.05, 0) is 30.2 Å². The summed E-state index contributed by atoms with van der Waals surface area (Å²) in [5.41, 5.74) is 0. The molecule has 0 saturated carbocycles. The molecule has 1 aromatic rings. The molecule has 0 aromatic heterocycles. The summed E-state index contributed by atoms with van der Waals surface area (Å²) in [6, 6.07) is 6.26. The van der Waals surface area contributed by atoms with E-state index in [9.17, 15) is 8.42 Å². The average molecular weight is 312 g/mol. The Kier molecular flexibility index (Phi) is 4.62. The molecule has 0 heterocycles. The summed E-state index contributed by atoms with van der Waals surface area (Å²) in [5.74, 6) is 0.255. The van der Waals surface area contributed by atoms with Gasteiger partial charge >= 0.3 is 0 Å². The quantitative estimate of drug-likeness (QED) is 0.801. The highest BCUT2D eigenvalue weighted by molar-refractivity contribution is 9.09. The Morgan fingerprint density at radius 3 is 2.33 bits per heavy atom. The molecule has 84 valence electrons. The molecule has 0 saturated heterocycles. The number of hydrogen-bond acceptors (Lipinski definition) is 2. The molecule has 2 nitrogen and oxygen atoms in total. The molecule has 0 aliphatic carbocycles. The summed E-state index contributed by atoms with van der Waals surface area (Å²) >= 11 is 8.96. The lowest BCUT2D eigenvalue weighted by Crippen LogP contribution is -2.14. The molecule has 15 heavy (non-hydrogen) atoms. The Labute approximate surface area is 104 Å². The summed E-state index contributed by atoms with van der Waals surface area (Å²) in [5, 5.41) is 1.22. The number of sulfone groups is 1. The van der Waals surface area contributed by atoms with Crippen LogP contribution in [0.3, 0.4) is 0 Å². The second-order valence-corrected chi connectivity index (χ2v) is 6.61. The molecule has 1 aromatic carbocycles. The van der Waals surface area contributed by atoms with E-state index in [0.29, 0.717) is 15.2 Å². The van der Waals surface area contributed by atoms with Gasteiger partial charge in [-0.2, -0.15) is 0 Å². The smallest absolute Gasteiger partial charge is 0.178 e. The molecule has 1 atom stereocenters. The number of benzene rings is 1. The van der Waals surface area contributed by atoms with E-state index < -0.39 is 9.84 Å². The fourth-order valence-corrected chi connectivity index (χ4v) is 3.43. The first-order chi connectivity index (χ1) is 6.95. The first kappa shape index (κ1) is 13.0. The summed E-state index contributed by atoms with van der Waals surface area (Å²) in [6.45, 7) is 1.89. The Bertz CT molecular complexity index is 414. The molecule has 0 aliphatic heterocycles. The molecule has 0 aliphatic rings. The van der Waals surface area contributed by atoms with Gasteiger partial charge in [-0.3, -0.25) is 0 Å². The molecule has 0 radical (unpaired) electrons. The van der Waals surface area contributed by atoms with Crippen molar-refractivity contribution >= 4 is 37.4 Å². The zero-order valence-electron chi connectivity index (χ0n) is 8.28. The molecule has 5 heteroatoms. The van der Waals surface area contributed by atoms with E-state index in [1.807, 2.05) is 6.92 Å². The molecule has 0 N–H and O–H groups in total. The van der Waals surface area contributed by atoms with Crippen LogP contribution >= 0.6 is 27.5 Å². The fourth-order valence-electron chi connectivity index (χ4n) is 1.16. The van der Waals surface area contributed by atoms with Crippen LogP contribution in [0.4, 0.5) is 0 Å². The predicted molar refractivity (Wildman–Crippen MR) is 66.5 cm³/mol. The van der Waals surface area contributed by atoms with E-state index in [-0.39, 0.29) is 11.7 Å². The highest BCUT2D eigenvalue weighted by Crippen LogP contribution is 2.17. The third kappa shape index (κ3) is 3.78. The van der Waals surface area contributed by atoms with Gasteiger partial charge in [-0.15, -0.1) is 0 Å². The number of halogens is 2. The second-order valence-electron chi connectivity index (χ2n) is 3.49. The largest absolute Gasteiger partial charge is 0.224 e. The molecular weight excluding hydrogens is 300 g/mol. The van der Waals surface area contributed by atoms with Gasteiger partial charge in [0.25, 0.3) is 0 Å². The van der Waals surface area contributed by atoms with Crippen molar-refractivity contribution in [3.8, 4) is 0 Å². The monoisotopic (exact) mass is 310 g/mol. The van der Waals surface area contributed by atoms with Gasteiger partial charge < -0.3 is 0 Å². The molecule has 0 amide bonds. The van der Waals surface area contributed by atoms with Crippen LogP contribution in [0.2, 0.25) is 5.02 Å². The van der Waals surface area contributed by atoms with Gasteiger partial charge in [-0.1, -0.05) is 34.5 Å². The van der Waals surface area contributed by atoms with Gasteiger partial charge in [0, 0.05) is 10.4 Å². The number of hydrogen-bond donors (Lipinski definition) is 0. The molecule has 0 fully saturated rings. The first-order valence-electron chi connectivity index (χ1n) is 4.50. The van der Waals surface area contributed by atoms with Crippen LogP contribution in [0.1, 0.15) is 6.92 Å². The van der Waals surface area contributed by atoms with Crippen LogP contribution in [0.15, 0.2) is 29.2 Å². The zero-order chi connectivity index (χ0) is 11.5. The van der Waals surface area contributed by atoms with Crippen molar-refractivity contribution in [3.63, 3.8) is 0 Å². The minimum Gasteiger partial charge on any atom is -0.224 e. The third-order valence-corrected chi connectivity index (χ3v) is 5.30. The van der Waals surface area contributed by atoms with Crippen LogP contribution < -0.4 is 0 Å². The topological polar surface area (TPSA) is 34.1 Å². The number of rotatable bonds is 4. The van der Waals surface area contributed by atoms with Gasteiger partial charge in [0.1, 0.15) is 0 Å². The molecule has 0 spiro atoms. The molecule has 1 unspecified atom stereocenters. The maximum Gasteiger partial charge on any atom is 0.178 e. The fraction of sp³-hybridized carbons (Fsp3) is 0.400. The van der Waals surface area contributed by atoms with Crippen LogP contribution in [0.25, 0.3) is 0 Å². The summed E-state index contributed by atoms with van der Waals surface area (Å²) < 4.78 is 23.7. The molecular formula is C10H12BrClO2S. The van der Waals surface area contributed by atoms with Gasteiger partial charge in [-0.25, -0.2) is 8.42 Å². The lowest BCUT2D eigenvalue weighted by molar-refractivity contribution is 0.584. The van der Waals surface area contributed by atoms with Gasteiger partial charge in [0.2, 0.25) is 0 Å². The van der Waals surface area contributed by atoms with Crippen molar-refractivity contribution in [3.05, 3.63) is 29.3 Å². The van der Waals surface area contributed by atoms with Gasteiger partial charge in [0.15, 0.2) is 9.84 Å². The van der Waals surface area contributed by atoms with Crippen LogP contribution in [0, 0.1) is 5.92 Å². The first-order valence-corrected chi connectivity index (χ1v) is 7.65. The minimum absolute atomic E-state index is 0.102. The SMILES string of the molecule is CC(CBr)CS(=O)(=O)c1ccc(Cl)cc1. The van der Waals surface area contributed by atoms with Crippen molar-refractivity contribution in [1.82, 2.24) is 0 Å². The maximum absolute atomic E-state index is 11.8. The van der Waals surface area contributed by atoms with E-state index in [4.69, 9.17) is 11.6 Å². The van der Waals surface area contributed by atoms with E-state index >= 15 is 0 Å². The molecule has 0 bridgehead atoms. The lowest BCUT2D eigenvalue weighted by atomic mass is 10.3. The van der Waals surface area contributed by atoms with Crippen molar-refractivity contribution in [2.75, 3.05) is 11.1 Å². The van der Waals surface area contributed by atoms with E-state index in [1.54, 1.807) is 24.3 Å². The van der Waals surface area contributed by atoms with E-state index in [2.05, 4.69) is 15.9 Å². The Hall–Kier alpha value is -0.0600. The van der Waals surface area contributed by atoms with Crippen LogP contribution in [0.5, 0.6) is 0 Å². The standard InChI is InChI=1S/C10H12BrClO2S/c1-8(6-11)7-15(13,14)10-4-2-9(12)3-5-10/h2-5,8H,6-7H2,1H3. The van der Waals surface area contributed by atoms with Gasteiger partial charge in [0.05, 0.1) is 10.6 Å². The summed E-state index contributed by atoms with van der Waals surface area (Å²) in [7, 11) is -3.18. The van der Waals surface area contributed by atoms with Crippen molar-refractivity contribution < 1.29 is 8.42 Å². The van der Waals surface area contributed by atoms with E-state index in [0.717, 1.165) is 0 Å². The second kappa shape index (κ2) is 5.32. The van der Waals surface area contributed by atoms with Crippen molar-refractivity contribution in [2.24, 2.45) is 5.92 Å². The Morgan fingerprint density at radius 2 is 1.87 bits per heavy atom. The third-order valence-electron chi connectivity index (χ3n) is 1.94. The Balaban J connectivity index is 2.91. The summed E-state index contributed by atoms with van der Waals surface area (Å²) in [4.78, 5) is 0.333. The lowest BCUT2D eigenvalue weighted by Gasteiger charge is -2.08. The maximum atomic E-state index is 11.8. The highest BCUT2D eigenvalue weighted by atomic mass is 79.9. The normalized spacial score (nSPS) is 13.8. The summed E-state index contributed by atoms with van der Waals surface area (Å²) in [6.07, 6.45) is 0. The van der Waals surface area contributed by atoms with Crippen LogP contribution in [-0.2, 0) is 9.84 Å². The highest BCUT2D eigenvalue weighted by Gasteiger charge is 2.17. The van der Waals surface area contributed by atoms with Crippen molar-refractivity contribution in [2.45, 2.75) is 11.8 Å².